The number of hydrogen-bond acceptors (Lipinski definition) is 15. The van der Waals surface area contributed by atoms with E-state index in [4.69, 9.17) is 47.4 Å². The largest absolute Gasteiger partial charge is 0.435 e. The molecule has 8 aliphatic rings. The highest BCUT2D eigenvalue weighted by molar-refractivity contribution is 5.77. The van der Waals surface area contributed by atoms with Crippen molar-refractivity contribution in [1.29, 1.82) is 0 Å². The molecule has 7 saturated carbocycles. The van der Waals surface area contributed by atoms with Gasteiger partial charge in [-0.2, -0.15) is 0 Å². The SMILES string of the molecule is CCC(C)(C)C(=O)OC(OC)C(C)(C)C.CCC(C)(C)C(=O)OC(OC)C12CC3CC(CC(C3)C1)C2.CCC(C)(C)C(=O)OC(OC1CCCCC1)C(C)(C)C.CCOC(OC(=O)C(C)(C)CC)C1(C)CC2C=CC1C2.CCOC(OC(=O)C(C)(C)CC)C1(C)CCCCC1. The molecule has 0 radical (unpaired) electrons. The number of methoxy groups -OCH3 is 2. The molecule has 0 spiro atoms. The predicted octanol–water partition coefficient (Wildman–Crippen LogP) is 20.1. The minimum atomic E-state index is -0.490. The Bertz CT molecular complexity index is 2340. The van der Waals surface area contributed by atoms with Crippen molar-refractivity contribution < 1.29 is 71.3 Å². The van der Waals surface area contributed by atoms with Crippen LogP contribution in [-0.4, -0.2) is 94.8 Å². The van der Waals surface area contributed by atoms with Gasteiger partial charge in [-0.1, -0.05) is 141 Å². The Hall–Kier alpha value is -3.11. The average Bonchev–Trinajstić information content (AvgIpc) is 1.30. The number of carbonyl (C=O) groups is 5. The quantitative estimate of drug-likeness (QED) is 0.0345. The second-order valence-electron chi connectivity index (χ2n) is 35.6. The van der Waals surface area contributed by atoms with E-state index in [2.05, 4.69) is 46.8 Å². The maximum Gasteiger partial charge on any atom is 0.313 e. The van der Waals surface area contributed by atoms with Crippen molar-refractivity contribution in [3.63, 3.8) is 0 Å². The Morgan fingerprint density at radius 1 is 0.421 bits per heavy atom. The standard InChI is InChI=1S/C18H30O3.C17H28O3.C17H32O3.C16H30O3.C12H24O3/c1-5-17(2,3)15(19)21-16(20-4)18-9-12-6-13(10-18)8-14(7-12)11-18;1-6-16(3,4)14(18)20-15(19-7-2)17(5)11-12-8-9-13(17)10-12;1-7-17(5,6)14(18)20-15(16(2,3)4)19-13-11-9-8-10-12-13;1-6-15(3,4)13(17)19-14(18-7-2)16(5)11-9-8-10-12-16;1-8-12(5,6)9(13)15-10(14-7)11(2,3)4/h12-14,16H,5-11H2,1-4H3;8-9,12-13,15H,6-7,10-11H2,1-5H3;13,15H,7-12H2,1-6H3;14H,6-12H2,1-5H3;10H,8H2,1-7H3. The van der Waals surface area contributed by atoms with Crippen LogP contribution in [0.4, 0.5) is 0 Å². The normalized spacial score (nSPS) is 26.4. The molecule has 8 aliphatic carbocycles. The van der Waals surface area contributed by atoms with Crippen LogP contribution in [0.5, 0.6) is 0 Å². The van der Waals surface area contributed by atoms with Gasteiger partial charge in [0.1, 0.15) is 0 Å². The maximum absolute atomic E-state index is 12.5. The maximum atomic E-state index is 12.5. The molecule has 0 saturated heterocycles. The molecule has 6 bridgehead atoms. The van der Waals surface area contributed by atoms with Crippen molar-refractivity contribution in [3.8, 4) is 0 Å². The molecule has 15 nitrogen and oxygen atoms in total. The zero-order valence-corrected chi connectivity index (χ0v) is 65.8. The van der Waals surface area contributed by atoms with Crippen molar-refractivity contribution in [3.05, 3.63) is 12.2 Å². The van der Waals surface area contributed by atoms with E-state index in [1.54, 1.807) is 14.2 Å². The fourth-order valence-corrected chi connectivity index (χ4v) is 14.3. The lowest BCUT2D eigenvalue weighted by Gasteiger charge is -2.58. The molecule has 0 amide bonds. The minimum absolute atomic E-state index is 0.0201. The number of fused-ring (bicyclic) bond motifs is 2. The van der Waals surface area contributed by atoms with Gasteiger partial charge in [-0.05, 0) is 222 Å². The van der Waals surface area contributed by atoms with Crippen molar-refractivity contribution in [2.45, 2.75) is 358 Å². The van der Waals surface area contributed by atoms with Crippen LogP contribution in [-0.2, 0) is 71.3 Å². The first-order valence-corrected chi connectivity index (χ1v) is 37.6. The van der Waals surface area contributed by atoms with Crippen molar-refractivity contribution in [2.24, 2.45) is 83.7 Å². The Morgan fingerprint density at radius 2 is 0.779 bits per heavy atom. The molecule has 0 N–H and O–H groups in total. The van der Waals surface area contributed by atoms with E-state index in [0.717, 1.165) is 82.0 Å². The van der Waals surface area contributed by atoms with Crippen LogP contribution in [0.25, 0.3) is 0 Å². The summed E-state index contributed by atoms with van der Waals surface area (Å²) in [5.74, 6) is 2.87. The highest BCUT2D eigenvalue weighted by atomic mass is 16.7. The molecule has 0 aromatic heterocycles. The van der Waals surface area contributed by atoms with Crippen LogP contribution in [0.3, 0.4) is 0 Å². The lowest BCUT2D eigenvalue weighted by Crippen LogP contribution is -2.54. The Labute approximate surface area is 580 Å². The molecule has 0 aromatic carbocycles. The Morgan fingerprint density at radius 3 is 1.12 bits per heavy atom. The fraction of sp³-hybridized carbons (Fsp3) is 0.912. The summed E-state index contributed by atoms with van der Waals surface area (Å²) in [6.07, 6.45) is 28.3. The van der Waals surface area contributed by atoms with Gasteiger partial charge in [-0.15, -0.1) is 0 Å². The number of esters is 5. The van der Waals surface area contributed by atoms with E-state index in [-0.39, 0.29) is 69.3 Å². The lowest BCUT2D eigenvalue weighted by atomic mass is 9.49. The molecular weight excluding hydrogens is 1200 g/mol. The number of hydrogen-bond donors (Lipinski definition) is 0. The monoisotopic (exact) mass is 1350 g/mol. The molecule has 7 fully saturated rings. The summed E-state index contributed by atoms with van der Waals surface area (Å²) in [5.41, 5.74) is -2.57. The van der Waals surface area contributed by atoms with Gasteiger partial charge in [0.2, 0.25) is 31.5 Å². The smallest absolute Gasteiger partial charge is 0.313 e. The predicted molar refractivity (Wildman–Crippen MR) is 379 cm³/mol. The first-order valence-electron chi connectivity index (χ1n) is 37.6. The van der Waals surface area contributed by atoms with Crippen LogP contribution in [0.15, 0.2) is 12.2 Å². The zero-order chi connectivity index (χ0) is 72.4. The summed E-state index contributed by atoms with van der Waals surface area (Å²) in [4.78, 5) is 61.2. The van der Waals surface area contributed by atoms with Gasteiger partial charge in [0.15, 0.2) is 0 Å². The highest BCUT2D eigenvalue weighted by Gasteiger charge is 2.57. The molecule has 0 heterocycles. The third kappa shape index (κ3) is 24.6. The van der Waals surface area contributed by atoms with Gasteiger partial charge < -0.3 is 47.4 Å². The van der Waals surface area contributed by atoms with E-state index >= 15 is 0 Å². The lowest BCUT2D eigenvalue weighted by molar-refractivity contribution is -0.241. The summed E-state index contributed by atoms with van der Waals surface area (Å²) < 4.78 is 57.0. The molecule has 8 unspecified atom stereocenters. The molecule has 0 aliphatic heterocycles. The molecular formula is C80H144O15. The van der Waals surface area contributed by atoms with Crippen LogP contribution < -0.4 is 0 Å². The molecule has 15 heteroatoms. The van der Waals surface area contributed by atoms with Gasteiger partial charge in [0, 0.05) is 54.5 Å². The van der Waals surface area contributed by atoms with Gasteiger partial charge >= 0.3 is 29.8 Å². The summed E-state index contributed by atoms with van der Waals surface area (Å²) >= 11 is 0. The van der Waals surface area contributed by atoms with E-state index in [1.807, 2.05) is 138 Å². The molecule has 0 aromatic rings. The Balaban J connectivity index is 0.000000311. The van der Waals surface area contributed by atoms with Crippen molar-refractivity contribution in [2.75, 3.05) is 27.4 Å². The number of carbonyl (C=O) groups excluding carboxylic acids is 5. The first kappa shape index (κ1) is 86.1. The third-order valence-corrected chi connectivity index (χ3v) is 23.0. The second-order valence-corrected chi connectivity index (χ2v) is 35.6. The number of allylic oxidation sites excluding steroid dienone is 2. The molecule has 8 atom stereocenters. The molecule has 95 heavy (non-hydrogen) atoms. The topological polar surface area (TPSA) is 178 Å². The highest BCUT2D eigenvalue weighted by Crippen LogP contribution is 2.62. The van der Waals surface area contributed by atoms with Crippen LogP contribution in [0.1, 0.15) is 321 Å². The second kappa shape index (κ2) is 36.5. The molecule has 554 valence electrons. The minimum Gasteiger partial charge on any atom is -0.435 e. The van der Waals surface area contributed by atoms with Crippen molar-refractivity contribution in [1.82, 2.24) is 0 Å². The molecule has 8 rings (SSSR count). The summed E-state index contributed by atoms with van der Waals surface area (Å²) in [7, 11) is 3.26. The Kier molecular flexibility index (Phi) is 33.1. The van der Waals surface area contributed by atoms with Crippen LogP contribution in [0.2, 0.25) is 0 Å². The third-order valence-electron chi connectivity index (χ3n) is 23.0. The van der Waals surface area contributed by atoms with Gasteiger partial charge in [0.05, 0.1) is 33.2 Å². The van der Waals surface area contributed by atoms with Crippen molar-refractivity contribution >= 4 is 29.8 Å². The van der Waals surface area contributed by atoms with Crippen LogP contribution in [0, 0.1) is 83.7 Å². The average molecular weight is 1350 g/mol. The first-order chi connectivity index (χ1) is 43.9. The van der Waals surface area contributed by atoms with Gasteiger partial charge in [-0.25, -0.2) is 0 Å². The summed E-state index contributed by atoms with van der Waals surface area (Å²) in [6.45, 7) is 50.9. The van der Waals surface area contributed by atoms with Gasteiger partial charge in [-0.3, -0.25) is 24.0 Å². The van der Waals surface area contributed by atoms with E-state index in [9.17, 15) is 24.0 Å². The summed E-state index contributed by atoms with van der Waals surface area (Å²) in [6, 6.07) is 0. The fourth-order valence-electron chi connectivity index (χ4n) is 14.3. The van der Waals surface area contributed by atoms with E-state index < -0.39 is 52.2 Å². The number of rotatable bonds is 26. The number of ether oxygens (including phenoxy) is 10. The summed E-state index contributed by atoms with van der Waals surface area (Å²) in [5, 5.41) is 0. The zero-order valence-electron chi connectivity index (χ0n) is 65.8. The van der Waals surface area contributed by atoms with E-state index in [1.165, 1.54) is 83.5 Å². The van der Waals surface area contributed by atoms with Crippen LogP contribution >= 0.6 is 0 Å². The van der Waals surface area contributed by atoms with E-state index in [0.29, 0.717) is 25.0 Å². The van der Waals surface area contributed by atoms with Gasteiger partial charge in [0.25, 0.3) is 0 Å².